The average Bonchev–Trinajstić information content (AvgIpc) is 2.88. The van der Waals surface area contributed by atoms with E-state index >= 15 is 0 Å². The first-order valence-corrected chi connectivity index (χ1v) is 6.37. The number of aryl methyl sites for hydroxylation is 1. The zero-order chi connectivity index (χ0) is 13.6. The molecule has 6 nitrogen and oxygen atoms in total. The van der Waals surface area contributed by atoms with E-state index in [-0.39, 0.29) is 6.54 Å². The highest BCUT2D eigenvalue weighted by Crippen LogP contribution is 2.34. The van der Waals surface area contributed by atoms with E-state index in [1.165, 1.54) is 4.90 Å². The topological polar surface area (TPSA) is 68.1 Å². The number of hydrogen-bond acceptors (Lipinski definition) is 4. The highest BCUT2D eigenvalue weighted by molar-refractivity contribution is 9.10. The number of fused-ring (bicyclic) bond motifs is 1. The fourth-order valence-corrected chi connectivity index (χ4v) is 2.62. The van der Waals surface area contributed by atoms with Crippen LogP contribution in [-0.2, 0) is 18.4 Å². The van der Waals surface area contributed by atoms with Crippen molar-refractivity contribution >= 4 is 33.3 Å². The van der Waals surface area contributed by atoms with Crippen LogP contribution in [0, 0.1) is 0 Å². The summed E-state index contributed by atoms with van der Waals surface area (Å²) >= 11 is 3.30. The molecular weight excluding hydrogens is 312 g/mol. The number of nitrogens with zero attached hydrogens (tertiary/aromatic N) is 4. The van der Waals surface area contributed by atoms with Crippen LogP contribution >= 0.6 is 15.9 Å². The van der Waals surface area contributed by atoms with Gasteiger partial charge in [-0.25, -0.2) is 0 Å². The second-order valence-corrected chi connectivity index (χ2v) is 5.09. The van der Waals surface area contributed by atoms with Gasteiger partial charge < -0.3 is 0 Å². The first-order chi connectivity index (χ1) is 9.08. The number of carbonyl (C=O) groups is 2. The van der Waals surface area contributed by atoms with Gasteiger partial charge in [0, 0.05) is 17.7 Å². The van der Waals surface area contributed by atoms with Crippen molar-refractivity contribution in [1.82, 2.24) is 15.0 Å². The molecule has 2 aromatic rings. The van der Waals surface area contributed by atoms with Crippen LogP contribution in [0.2, 0.25) is 0 Å². The maximum absolute atomic E-state index is 12.0. The summed E-state index contributed by atoms with van der Waals surface area (Å²) in [6.45, 7) is 0.238. The second-order valence-electron chi connectivity index (χ2n) is 4.24. The highest BCUT2D eigenvalue weighted by Gasteiger charge is 2.37. The molecule has 7 heteroatoms. The number of hydrogen-bond donors (Lipinski definition) is 0. The van der Waals surface area contributed by atoms with Gasteiger partial charge in [-0.2, -0.15) is 0 Å². The molecule has 0 spiro atoms. The minimum absolute atomic E-state index is 0.238. The van der Waals surface area contributed by atoms with Crippen molar-refractivity contribution in [3.05, 3.63) is 40.1 Å². The van der Waals surface area contributed by atoms with Crippen molar-refractivity contribution in [3.8, 4) is 0 Å². The number of rotatable bonds is 2. The lowest BCUT2D eigenvalue weighted by Gasteiger charge is -2.14. The molecule has 0 bridgehead atoms. The van der Waals surface area contributed by atoms with Crippen LogP contribution in [0.15, 0.2) is 28.9 Å². The maximum Gasteiger partial charge on any atom is 0.299 e. The lowest BCUT2D eigenvalue weighted by Crippen LogP contribution is -2.29. The molecule has 0 unspecified atom stereocenters. The van der Waals surface area contributed by atoms with Gasteiger partial charge in [0.05, 0.1) is 17.8 Å². The second kappa shape index (κ2) is 4.27. The van der Waals surface area contributed by atoms with E-state index in [1.54, 1.807) is 36.1 Å². The molecule has 0 atom stereocenters. The lowest BCUT2D eigenvalue weighted by atomic mass is 10.1. The zero-order valence-electron chi connectivity index (χ0n) is 10.00. The molecule has 0 saturated carbocycles. The summed E-state index contributed by atoms with van der Waals surface area (Å²) in [4.78, 5) is 25.4. The van der Waals surface area contributed by atoms with Crippen molar-refractivity contribution in [1.29, 1.82) is 0 Å². The molecule has 0 fully saturated rings. The molecule has 1 aromatic heterocycles. The largest absolute Gasteiger partial charge is 0.299 e. The Kier molecular flexibility index (Phi) is 2.70. The maximum atomic E-state index is 12.0. The van der Waals surface area contributed by atoms with E-state index in [4.69, 9.17) is 0 Å². The van der Waals surface area contributed by atoms with Gasteiger partial charge in [0.15, 0.2) is 0 Å². The van der Waals surface area contributed by atoms with E-state index in [0.29, 0.717) is 21.4 Å². The highest BCUT2D eigenvalue weighted by atomic mass is 79.9. The monoisotopic (exact) mass is 320 g/mol. The van der Waals surface area contributed by atoms with Crippen LogP contribution in [0.4, 0.5) is 5.69 Å². The van der Waals surface area contributed by atoms with E-state index in [2.05, 4.69) is 26.2 Å². The molecule has 0 N–H and O–H groups in total. The van der Waals surface area contributed by atoms with E-state index in [9.17, 15) is 9.59 Å². The summed E-state index contributed by atoms with van der Waals surface area (Å²) in [6.07, 6.45) is 1.72. The average molecular weight is 321 g/mol. The third-order valence-corrected chi connectivity index (χ3v) is 3.58. The summed E-state index contributed by atoms with van der Waals surface area (Å²) in [7, 11) is 1.75. The van der Waals surface area contributed by atoms with Gasteiger partial charge in [0.25, 0.3) is 11.7 Å². The molecule has 0 radical (unpaired) electrons. The van der Waals surface area contributed by atoms with Crippen LogP contribution in [0.5, 0.6) is 0 Å². The van der Waals surface area contributed by atoms with Crippen LogP contribution in [0.3, 0.4) is 0 Å². The summed E-state index contributed by atoms with van der Waals surface area (Å²) < 4.78 is 2.18. The molecule has 0 aliphatic carbocycles. The van der Waals surface area contributed by atoms with Gasteiger partial charge in [-0.3, -0.25) is 19.2 Å². The van der Waals surface area contributed by atoms with E-state index < -0.39 is 11.7 Å². The van der Waals surface area contributed by atoms with Gasteiger partial charge >= 0.3 is 0 Å². The van der Waals surface area contributed by atoms with Crippen molar-refractivity contribution in [2.24, 2.45) is 7.05 Å². The van der Waals surface area contributed by atoms with Gasteiger partial charge in [-0.1, -0.05) is 11.3 Å². The van der Waals surface area contributed by atoms with Gasteiger partial charge in [-0.15, -0.1) is 5.10 Å². The third kappa shape index (κ3) is 1.86. The standard InChI is InChI=1S/C12H9BrN4O2/c1-16-5-7(14-15-16)6-17-9-4-2-3-8(13)10(9)11(18)12(17)19/h2-5H,6H2,1H3. The molecule has 2 heterocycles. The summed E-state index contributed by atoms with van der Waals surface area (Å²) in [5.41, 5.74) is 1.66. The first kappa shape index (κ1) is 12.0. The number of ketones is 1. The summed E-state index contributed by atoms with van der Waals surface area (Å²) in [6, 6.07) is 5.29. The Hall–Kier alpha value is -2.02. The Morgan fingerprint density at radius 1 is 1.32 bits per heavy atom. The number of benzene rings is 1. The van der Waals surface area contributed by atoms with Crippen LogP contribution in [-0.4, -0.2) is 26.7 Å². The van der Waals surface area contributed by atoms with Gasteiger partial charge in [0.1, 0.15) is 5.69 Å². The summed E-state index contributed by atoms with van der Waals surface area (Å²) in [5, 5.41) is 7.74. The molecule has 0 saturated heterocycles. The Morgan fingerprint density at radius 3 is 2.79 bits per heavy atom. The molecule has 1 aliphatic heterocycles. The predicted octanol–water partition coefficient (Wildman–Crippen LogP) is 1.31. The zero-order valence-corrected chi connectivity index (χ0v) is 11.6. The van der Waals surface area contributed by atoms with Crippen LogP contribution in [0.1, 0.15) is 16.1 Å². The number of anilines is 1. The van der Waals surface area contributed by atoms with Crippen molar-refractivity contribution in [2.45, 2.75) is 6.54 Å². The van der Waals surface area contributed by atoms with Crippen molar-refractivity contribution in [2.75, 3.05) is 4.90 Å². The molecule has 1 aliphatic rings. The molecule has 19 heavy (non-hydrogen) atoms. The quantitative estimate of drug-likeness (QED) is 0.782. The molecule has 1 amide bonds. The number of aromatic nitrogens is 3. The molecule has 3 rings (SSSR count). The normalized spacial score (nSPS) is 14.1. The smallest absolute Gasteiger partial charge is 0.299 e. The SMILES string of the molecule is Cn1cc(CN2C(=O)C(=O)c3c(Br)cccc32)nn1. The number of halogens is 1. The Labute approximate surface area is 117 Å². The minimum Gasteiger partial charge on any atom is -0.299 e. The van der Waals surface area contributed by atoms with Gasteiger partial charge in [0.2, 0.25) is 0 Å². The lowest BCUT2D eigenvalue weighted by molar-refractivity contribution is -0.114. The van der Waals surface area contributed by atoms with Crippen molar-refractivity contribution < 1.29 is 9.59 Å². The number of Topliss-reactive ketones (excluding diaryl/α,β-unsaturated/α-hetero) is 1. The van der Waals surface area contributed by atoms with Gasteiger partial charge in [-0.05, 0) is 28.1 Å². The Morgan fingerprint density at radius 2 is 2.11 bits per heavy atom. The summed E-state index contributed by atoms with van der Waals surface area (Å²) in [5.74, 6) is -1.03. The van der Waals surface area contributed by atoms with Crippen LogP contribution < -0.4 is 4.90 Å². The molecule has 96 valence electrons. The molecular formula is C12H9BrN4O2. The fraction of sp³-hybridized carbons (Fsp3) is 0.167. The first-order valence-electron chi connectivity index (χ1n) is 5.58. The van der Waals surface area contributed by atoms with Crippen molar-refractivity contribution in [3.63, 3.8) is 0 Å². The molecule has 1 aromatic carbocycles. The Balaban J connectivity index is 2.02. The van der Waals surface area contributed by atoms with Crippen LogP contribution in [0.25, 0.3) is 0 Å². The third-order valence-electron chi connectivity index (χ3n) is 2.92. The number of carbonyl (C=O) groups excluding carboxylic acids is 2. The predicted molar refractivity (Wildman–Crippen MR) is 70.7 cm³/mol. The number of amides is 1. The van der Waals surface area contributed by atoms with E-state index in [1.807, 2.05) is 0 Å². The Bertz CT molecular complexity index is 695. The minimum atomic E-state index is -0.535. The fourth-order valence-electron chi connectivity index (χ4n) is 2.09. The van der Waals surface area contributed by atoms with E-state index in [0.717, 1.165) is 0 Å².